The van der Waals surface area contributed by atoms with Crippen molar-refractivity contribution in [2.45, 2.75) is 76.2 Å². The lowest BCUT2D eigenvalue weighted by Crippen LogP contribution is -2.69. The maximum atomic E-state index is 13.7. The number of hydrogen-bond acceptors (Lipinski definition) is 11. The van der Waals surface area contributed by atoms with Gasteiger partial charge in [-0.25, -0.2) is 4.79 Å². The number of ether oxygens (including phenoxy) is 4. The lowest BCUT2D eigenvalue weighted by molar-refractivity contribution is -0.384. The van der Waals surface area contributed by atoms with Gasteiger partial charge in [-0.3, -0.25) is 10.1 Å². The summed E-state index contributed by atoms with van der Waals surface area (Å²) in [5.41, 5.74) is 5.28. The smallest absolute Gasteiger partial charge is 0.409 e. The van der Waals surface area contributed by atoms with Gasteiger partial charge in [0.1, 0.15) is 29.9 Å². The van der Waals surface area contributed by atoms with E-state index in [9.17, 15) is 25.1 Å². The van der Waals surface area contributed by atoms with Crippen molar-refractivity contribution in [3.8, 4) is 28.4 Å². The first-order valence-electron chi connectivity index (χ1n) is 21.9. The monoisotopic (exact) mass is 859 g/mol. The lowest BCUT2D eigenvalue weighted by Gasteiger charge is -2.59. The summed E-state index contributed by atoms with van der Waals surface area (Å²) in [5, 5.41) is 35.9. The van der Waals surface area contributed by atoms with Crippen LogP contribution in [0.3, 0.4) is 0 Å². The molecule has 0 aromatic heterocycles. The fourth-order valence-electron chi connectivity index (χ4n) is 9.52. The van der Waals surface area contributed by atoms with Crippen molar-refractivity contribution in [2.75, 3.05) is 33.5 Å². The zero-order valence-electron chi connectivity index (χ0n) is 36.0. The highest BCUT2D eigenvalue weighted by Crippen LogP contribution is 2.62. The third-order valence-electron chi connectivity index (χ3n) is 12.4. The molecular weight excluding hydrogens is 803 g/mol. The Balaban J connectivity index is 1.36. The first-order chi connectivity index (χ1) is 30.7. The Kier molecular flexibility index (Phi) is 14.9. The van der Waals surface area contributed by atoms with Crippen LogP contribution in [0.25, 0.3) is 11.1 Å². The molecule has 0 spiro atoms. The molecule has 63 heavy (non-hydrogen) atoms. The van der Waals surface area contributed by atoms with Crippen LogP contribution in [0, 0.1) is 27.9 Å². The highest BCUT2D eigenvalue weighted by atomic mass is 16.7. The van der Waals surface area contributed by atoms with Gasteiger partial charge >= 0.3 is 6.09 Å². The highest BCUT2D eigenvalue weighted by molar-refractivity contribution is 6.03. The average molecular weight is 860 g/mol. The number of nitro benzene ring substituents is 1. The fraction of sp³-hybridized carbons (Fsp3) is 0.400. The highest BCUT2D eigenvalue weighted by Gasteiger charge is 2.65. The van der Waals surface area contributed by atoms with Gasteiger partial charge in [0.15, 0.2) is 0 Å². The molecule has 2 N–H and O–H groups in total. The topological polar surface area (TPSA) is 162 Å². The summed E-state index contributed by atoms with van der Waals surface area (Å²) in [6.45, 7) is 6.22. The van der Waals surface area contributed by atoms with Crippen LogP contribution in [0.1, 0.15) is 68.9 Å². The number of carbonyl (C=O) groups is 1. The second-order valence-corrected chi connectivity index (χ2v) is 16.3. The largest absolute Gasteiger partial charge is 0.459 e. The first-order valence-corrected chi connectivity index (χ1v) is 21.9. The predicted molar refractivity (Wildman–Crippen MR) is 240 cm³/mol. The minimum Gasteiger partial charge on any atom is -0.459 e. The molecule has 7 rings (SSSR count). The number of benzene rings is 4. The van der Waals surface area contributed by atoms with Gasteiger partial charge in [-0.2, -0.15) is 0 Å². The summed E-state index contributed by atoms with van der Waals surface area (Å²) in [5.74, 6) is -0.244. The number of aliphatic hydroxyl groups is 2. The number of oxime groups is 1. The molecule has 4 aromatic rings. The number of rotatable bonds is 20. The molecule has 6 atom stereocenters. The Hall–Kier alpha value is -6.02. The number of fused-ring (bicyclic) bond motifs is 2. The van der Waals surface area contributed by atoms with Crippen molar-refractivity contribution in [3.05, 3.63) is 143 Å². The SMILES string of the molecule is C=CCO[C@@]12Oc3ccc(Oc4ccc(-c5ccccc5)cc4)cc3[C@H]3[C@H](CCCCO)[C@@H](CCCCO)C=C(C(=NOCc4ccc([N+](=O)[O-])cc4)C[C@@H]1N(C)C(=O)OCC)[C@H]32. The number of nitrogens with zero attached hydrogens (tertiary/aromatic N) is 3. The summed E-state index contributed by atoms with van der Waals surface area (Å²) in [4.78, 5) is 32.2. The van der Waals surface area contributed by atoms with Crippen molar-refractivity contribution in [3.63, 3.8) is 0 Å². The van der Waals surface area contributed by atoms with E-state index in [0.717, 1.165) is 47.9 Å². The van der Waals surface area contributed by atoms with E-state index >= 15 is 0 Å². The van der Waals surface area contributed by atoms with Crippen LogP contribution in [-0.2, 0) is 20.9 Å². The van der Waals surface area contributed by atoms with Crippen molar-refractivity contribution in [2.24, 2.45) is 22.9 Å². The quantitative estimate of drug-likeness (QED) is 0.0379. The van der Waals surface area contributed by atoms with Crippen molar-refractivity contribution >= 4 is 17.5 Å². The van der Waals surface area contributed by atoms with Gasteiger partial charge in [-0.1, -0.05) is 72.6 Å². The van der Waals surface area contributed by atoms with Crippen LogP contribution in [0.2, 0.25) is 0 Å². The average Bonchev–Trinajstić information content (AvgIpc) is 3.30. The molecule has 332 valence electrons. The van der Waals surface area contributed by atoms with Crippen LogP contribution in [-0.4, -0.2) is 77.1 Å². The number of likely N-dealkylation sites (N-methyl/N-ethyl adjacent to an activating group) is 1. The van der Waals surface area contributed by atoms with Gasteiger partial charge in [0.2, 0.25) is 5.79 Å². The van der Waals surface area contributed by atoms with E-state index in [1.807, 2.05) is 54.6 Å². The van der Waals surface area contributed by atoms with Crippen molar-refractivity contribution in [1.82, 2.24) is 4.90 Å². The molecule has 1 saturated carbocycles. The Morgan fingerprint density at radius 3 is 2.33 bits per heavy atom. The van der Waals surface area contributed by atoms with E-state index in [4.69, 9.17) is 28.9 Å². The van der Waals surface area contributed by atoms with E-state index in [-0.39, 0.29) is 62.9 Å². The summed E-state index contributed by atoms with van der Waals surface area (Å²) in [7, 11) is 1.68. The molecular formula is C50H57N3O10. The van der Waals surface area contributed by atoms with Gasteiger partial charge in [0.05, 0.1) is 29.8 Å². The molecule has 1 heterocycles. The fourth-order valence-corrected chi connectivity index (χ4v) is 9.52. The van der Waals surface area contributed by atoms with Gasteiger partial charge in [-0.05, 0) is 109 Å². The standard InChI is InChI=1S/C50H57N3O10/c1-4-29-60-50-46(52(3)49(56)59-5-2)32-44(51-61-33-34-17-21-38(22-18-34)53(57)58)42-30-37(15-9-11-27-54)41(16-10-12-28-55)47(48(42)50)43-31-40(25-26-45(43)63-50)62-39-23-19-36(20-24-39)35-13-7-6-8-14-35/h4,6-8,13-14,17-26,30-31,37,41,46-48,54-55H,1,5,9-12,15-16,27-29,32-33H2,2-3H3/t37-,41+,46-,47+,48+,50+/m0/s1. The molecule has 0 radical (unpaired) electrons. The number of unbranched alkanes of at least 4 members (excludes halogenated alkanes) is 2. The molecule has 0 bridgehead atoms. The normalized spacial score (nSPS) is 22.8. The summed E-state index contributed by atoms with van der Waals surface area (Å²) < 4.78 is 26.3. The molecule has 13 heteroatoms. The van der Waals surface area contributed by atoms with Crippen LogP contribution < -0.4 is 9.47 Å². The Morgan fingerprint density at radius 1 is 0.952 bits per heavy atom. The Bertz CT molecular complexity index is 2250. The summed E-state index contributed by atoms with van der Waals surface area (Å²) >= 11 is 0. The maximum absolute atomic E-state index is 13.7. The number of aliphatic hydroxyl groups excluding tert-OH is 2. The Morgan fingerprint density at radius 2 is 1.65 bits per heavy atom. The zero-order chi connectivity index (χ0) is 44.3. The molecule has 0 saturated heterocycles. The summed E-state index contributed by atoms with van der Waals surface area (Å²) in [6.07, 6.45) is 8.00. The minimum atomic E-state index is -1.43. The molecule has 1 fully saturated rings. The summed E-state index contributed by atoms with van der Waals surface area (Å²) in [6, 6.07) is 29.4. The van der Waals surface area contributed by atoms with Crippen molar-refractivity contribution in [1.29, 1.82) is 0 Å². The van der Waals surface area contributed by atoms with Crippen molar-refractivity contribution < 1.29 is 43.7 Å². The van der Waals surface area contributed by atoms with E-state index in [0.29, 0.717) is 41.4 Å². The van der Waals surface area contributed by atoms with E-state index in [1.165, 1.54) is 17.0 Å². The number of carbonyl (C=O) groups excluding carboxylic acids is 1. The third-order valence-corrected chi connectivity index (χ3v) is 12.4. The van der Waals surface area contributed by atoms with Gasteiger partial charge in [0, 0.05) is 50.3 Å². The molecule has 2 aliphatic carbocycles. The first kappa shape index (κ1) is 45.0. The van der Waals surface area contributed by atoms with Gasteiger partial charge in [-0.15, -0.1) is 6.58 Å². The number of hydrogen-bond donors (Lipinski definition) is 2. The minimum absolute atomic E-state index is 0.0210. The number of nitro groups is 1. The zero-order valence-corrected chi connectivity index (χ0v) is 36.0. The number of allylic oxidation sites excluding steroid dienone is 1. The number of amides is 1. The second kappa shape index (κ2) is 20.9. The van der Waals surface area contributed by atoms with Crippen LogP contribution in [0.4, 0.5) is 10.5 Å². The lowest BCUT2D eigenvalue weighted by atomic mass is 9.55. The Labute approximate surface area is 368 Å². The molecule has 1 aliphatic heterocycles. The molecule has 3 aliphatic rings. The van der Waals surface area contributed by atoms with Crippen LogP contribution >= 0.6 is 0 Å². The maximum Gasteiger partial charge on any atom is 0.409 e. The van der Waals surface area contributed by atoms with E-state index < -0.39 is 28.8 Å². The van der Waals surface area contributed by atoms with Gasteiger partial charge < -0.3 is 38.9 Å². The third kappa shape index (κ3) is 9.96. The van der Waals surface area contributed by atoms with E-state index in [2.05, 4.69) is 30.9 Å². The van der Waals surface area contributed by atoms with Gasteiger partial charge in [0.25, 0.3) is 5.69 Å². The van der Waals surface area contributed by atoms with E-state index in [1.54, 1.807) is 32.2 Å². The molecule has 4 aromatic carbocycles. The van der Waals surface area contributed by atoms with Crippen LogP contribution in [0.15, 0.2) is 127 Å². The molecule has 0 unspecified atom stereocenters. The molecule has 1 amide bonds. The predicted octanol–water partition coefficient (Wildman–Crippen LogP) is 9.98. The van der Waals surface area contributed by atoms with Crippen LogP contribution in [0.5, 0.6) is 17.2 Å². The molecule has 13 nitrogen and oxygen atoms in total. The number of non-ortho nitro benzene ring substituents is 1. The second-order valence-electron chi connectivity index (χ2n) is 16.3.